The van der Waals surface area contributed by atoms with Gasteiger partial charge in [0.05, 0.1) is 11.0 Å². The zero-order chi connectivity index (χ0) is 13.2. The molecule has 1 aliphatic heterocycles. The minimum atomic E-state index is -0.0586. The predicted molar refractivity (Wildman–Crippen MR) is 77.2 cm³/mol. The molecule has 1 unspecified atom stereocenters. The molecule has 2 aromatic rings. The predicted octanol–water partition coefficient (Wildman–Crippen LogP) is 2.50. The number of fused-ring (bicyclic) bond motifs is 1. The summed E-state index contributed by atoms with van der Waals surface area (Å²) in [6.07, 6.45) is 5.49. The van der Waals surface area contributed by atoms with Crippen molar-refractivity contribution >= 4 is 11.0 Å². The van der Waals surface area contributed by atoms with Crippen molar-refractivity contribution in [2.24, 2.45) is 0 Å². The Morgan fingerprint density at radius 1 is 1.21 bits per heavy atom. The van der Waals surface area contributed by atoms with Gasteiger partial charge in [0.15, 0.2) is 0 Å². The van der Waals surface area contributed by atoms with Gasteiger partial charge in [0.1, 0.15) is 6.17 Å². The molecule has 0 aliphatic carbocycles. The first-order valence-electron chi connectivity index (χ1n) is 6.87. The number of imidazole rings is 1. The maximum absolute atomic E-state index is 12.2. The number of nitrogens with one attached hydrogen (secondary N) is 1. The molecule has 1 N–H and O–H groups in total. The molecule has 0 spiro atoms. The van der Waals surface area contributed by atoms with E-state index in [9.17, 15) is 4.79 Å². The van der Waals surface area contributed by atoms with Crippen LogP contribution in [0.4, 0.5) is 0 Å². The maximum atomic E-state index is 12.2. The van der Waals surface area contributed by atoms with E-state index in [2.05, 4.69) is 16.5 Å². The number of para-hydroxylation sites is 2. The van der Waals surface area contributed by atoms with E-state index in [1.165, 1.54) is 19.3 Å². The molecule has 0 amide bonds. The number of aromatic nitrogens is 2. The summed E-state index contributed by atoms with van der Waals surface area (Å²) in [5.74, 6) is 0. The highest BCUT2D eigenvalue weighted by molar-refractivity contribution is 5.75. The molecule has 1 aromatic heterocycles. The van der Waals surface area contributed by atoms with Crippen LogP contribution in [0.25, 0.3) is 11.0 Å². The monoisotopic (exact) mass is 257 g/mol. The molecule has 1 atom stereocenters. The second-order valence-electron chi connectivity index (χ2n) is 5.06. The molecule has 4 heteroatoms. The molecular weight excluding hydrogens is 238 g/mol. The first-order valence-corrected chi connectivity index (χ1v) is 6.87. The Kier molecular flexibility index (Phi) is 3.25. The molecule has 3 rings (SSSR count). The van der Waals surface area contributed by atoms with Crippen LogP contribution in [0, 0.1) is 0 Å². The van der Waals surface area contributed by atoms with Crippen molar-refractivity contribution in [1.29, 1.82) is 0 Å². The summed E-state index contributed by atoms with van der Waals surface area (Å²) >= 11 is 0. The quantitative estimate of drug-likeness (QED) is 0.858. The van der Waals surface area contributed by atoms with Crippen molar-refractivity contribution in [3.05, 3.63) is 47.4 Å². The van der Waals surface area contributed by atoms with Gasteiger partial charge in [-0.3, -0.25) is 9.47 Å². The van der Waals surface area contributed by atoms with Crippen LogP contribution in [0.15, 0.2) is 41.7 Å². The number of hydrogen-bond acceptors (Lipinski definition) is 2. The summed E-state index contributed by atoms with van der Waals surface area (Å²) in [7, 11) is 0. The second kappa shape index (κ2) is 5.05. The van der Waals surface area contributed by atoms with Crippen molar-refractivity contribution < 1.29 is 0 Å². The van der Waals surface area contributed by atoms with Crippen molar-refractivity contribution in [2.45, 2.75) is 25.4 Å². The van der Waals surface area contributed by atoms with Gasteiger partial charge in [-0.25, -0.2) is 4.79 Å². The highest BCUT2D eigenvalue weighted by Crippen LogP contribution is 2.22. The third-order valence-corrected chi connectivity index (χ3v) is 3.86. The van der Waals surface area contributed by atoms with E-state index in [1.54, 1.807) is 0 Å². The van der Waals surface area contributed by atoms with Crippen LogP contribution >= 0.6 is 0 Å². The standard InChI is InChI=1S/C15H19N3O/c1-2-14(17-10-6-3-7-11-17)18-13-9-5-4-8-12(13)16-15(18)19/h2,4-5,8-9,14H,1,3,6-7,10-11H2,(H,16,19). The van der Waals surface area contributed by atoms with Gasteiger partial charge in [0.2, 0.25) is 0 Å². The van der Waals surface area contributed by atoms with Gasteiger partial charge in [0.25, 0.3) is 0 Å². The van der Waals surface area contributed by atoms with E-state index in [1.807, 2.05) is 34.9 Å². The van der Waals surface area contributed by atoms with Crippen LogP contribution in [0.3, 0.4) is 0 Å². The summed E-state index contributed by atoms with van der Waals surface area (Å²) in [6.45, 7) is 5.99. The molecule has 0 radical (unpaired) electrons. The van der Waals surface area contributed by atoms with Crippen LogP contribution in [0.1, 0.15) is 25.4 Å². The van der Waals surface area contributed by atoms with E-state index in [-0.39, 0.29) is 11.9 Å². The highest BCUT2D eigenvalue weighted by atomic mass is 16.1. The second-order valence-corrected chi connectivity index (χ2v) is 5.06. The SMILES string of the molecule is C=CC(N1CCCCC1)n1c(=O)[nH]c2ccccc21. The van der Waals surface area contributed by atoms with Crippen LogP contribution in [0.2, 0.25) is 0 Å². The number of piperidine rings is 1. The van der Waals surface area contributed by atoms with Crippen molar-refractivity contribution in [1.82, 2.24) is 14.5 Å². The average molecular weight is 257 g/mol. The first kappa shape index (κ1) is 12.2. The molecule has 2 heterocycles. The number of aromatic amines is 1. The Morgan fingerprint density at radius 3 is 2.68 bits per heavy atom. The molecule has 1 fully saturated rings. The molecule has 0 bridgehead atoms. The topological polar surface area (TPSA) is 41.0 Å². The van der Waals surface area contributed by atoms with Gasteiger partial charge in [0, 0.05) is 13.1 Å². The fraction of sp³-hybridized carbons (Fsp3) is 0.400. The Balaban J connectivity index is 2.07. The number of rotatable bonds is 3. The lowest BCUT2D eigenvalue weighted by molar-refractivity contribution is 0.148. The summed E-state index contributed by atoms with van der Waals surface area (Å²) in [5, 5.41) is 0. The molecule has 0 saturated carbocycles. The molecule has 4 nitrogen and oxygen atoms in total. The van der Waals surface area contributed by atoms with Crippen LogP contribution in [0.5, 0.6) is 0 Å². The fourth-order valence-corrected chi connectivity index (χ4v) is 2.94. The molecule has 19 heavy (non-hydrogen) atoms. The van der Waals surface area contributed by atoms with E-state index in [0.717, 1.165) is 24.1 Å². The van der Waals surface area contributed by atoms with Crippen molar-refractivity contribution in [2.75, 3.05) is 13.1 Å². The zero-order valence-corrected chi connectivity index (χ0v) is 11.0. The fourth-order valence-electron chi connectivity index (χ4n) is 2.94. The minimum Gasteiger partial charge on any atom is -0.305 e. The lowest BCUT2D eigenvalue weighted by Gasteiger charge is -2.33. The van der Waals surface area contributed by atoms with Gasteiger partial charge in [-0.15, -0.1) is 0 Å². The van der Waals surface area contributed by atoms with E-state index >= 15 is 0 Å². The highest BCUT2D eigenvalue weighted by Gasteiger charge is 2.22. The summed E-state index contributed by atoms with van der Waals surface area (Å²) < 4.78 is 1.81. The number of hydrogen-bond donors (Lipinski definition) is 1. The summed E-state index contributed by atoms with van der Waals surface area (Å²) in [5.41, 5.74) is 1.77. The third-order valence-electron chi connectivity index (χ3n) is 3.86. The van der Waals surface area contributed by atoms with Gasteiger partial charge in [-0.05, 0) is 25.0 Å². The Labute approximate surface area is 112 Å². The number of likely N-dealkylation sites (tertiary alicyclic amines) is 1. The maximum Gasteiger partial charge on any atom is 0.328 e. The summed E-state index contributed by atoms with van der Waals surface area (Å²) in [6, 6.07) is 7.81. The number of nitrogens with zero attached hydrogens (tertiary/aromatic N) is 2. The normalized spacial score (nSPS) is 18.5. The third kappa shape index (κ3) is 2.12. The van der Waals surface area contributed by atoms with Crippen LogP contribution in [-0.4, -0.2) is 27.5 Å². The smallest absolute Gasteiger partial charge is 0.305 e. The minimum absolute atomic E-state index is 0.0519. The average Bonchev–Trinajstić information content (AvgIpc) is 2.78. The number of H-pyrrole nitrogens is 1. The summed E-state index contributed by atoms with van der Waals surface area (Å²) in [4.78, 5) is 17.5. The van der Waals surface area contributed by atoms with E-state index < -0.39 is 0 Å². The van der Waals surface area contributed by atoms with Gasteiger partial charge in [-0.1, -0.05) is 31.2 Å². The lowest BCUT2D eigenvalue weighted by Crippen LogP contribution is -2.39. The van der Waals surface area contributed by atoms with Gasteiger partial charge >= 0.3 is 5.69 Å². The largest absolute Gasteiger partial charge is 0.328 e. The van der Waals surface area contributed by atoms with Crippen molar-refractivity contribution in [3.63, 3.8) is 0 Å². The molecule has 1 aliphatic rings. The Bertz CT molecular complexity index is 634. The van der Waals surface area contributed by atoms with Crippen LogP contribution < -0.4 is 5.69 Å². The van der Waals surface area contributed by atoms with Gasteiger partial charge < -0.3 is 4.98 Å². The molecule has 1 aromatic carbocycles. The van der Waals surface area contributed by atoms with Crippen molar-refractivity contribution in [3.8, 4) is 0 Å². The van der Waals surface area contributed by atoms with E-state index in [0.29, 0.717) is 0 Å². The molecule has 100 valence electrons. The molecular formula is C15H19N3O. The Hall–Kier alpha value is -1.81. The Morgan fingerprint density at radius 2 is 1.95 bits per heavy atom. The zero-order valence-electron chi connectivity index (χ0n) is 11.0. The lowest BCUT2D eigenvalue weighted by atomic mass is 10.1. The molecule has 1 saturated heterocycles. The number of benzene rings is 1. The van der Waals surface area contributed by atoms with Crippen LogP contribution in [-0.2, 0) is 0 Å². The van der Waals surface area contributed by atoms with Gasteiger partial charge in [-0.2, -0.15) is 0 Å². The first-order chi connectivity index (χ1) is 9.31. The van der Waals surface area contributed by atoms with E-state index in [4.69, 9.17) is 0 Å².